The van der Waals surface area contributed by atoms with E-state index in [4.69, 9.17) is 4.78 Å². The maximum absolute atomic E-state index is 13.4. The van der Waals surface area contributed by atoms with Crippen molar-refractivity contribution in [2.45, 2.75) is 18.6 Å². The van der Waals surface area contributed by atoms with Gasteiger partial charge in [-0.25, -0.2) is 9.02 Å². The lowest BCUT2D eigenvalue weighted by atomic mass is 9.83. The van der Waals surface area contributed by atoms with Gasteiger partial charge in [0.25, 0.3) is 0 Å². The van der Waals surface area contributed by atoms with Gasteiger partial charge in [0.05, 0.1) is 17.9 Å². The van der Waals surface area contributed by atoms with Gasteiger partial charge in [-0.1, -0.05) is 6.07 Å². The SMILES string of the molecule is CS(=N)(=O)C[C@@H](O)CNc1nonc1C(=N[C@H]1Cc2ccc(F)cc21)NO. The van der Waals surface area contributed by atoms with Gasteiger partial charge in [-0.05, 0) is 40.0 Å². The van der Waals surface area contributed by atoms with Crippen LogP contribution in [0.4, 0.5) is 10.2 Å². The van der Waals surface area contributed by atoms with E-state index in [-0.39, 0.29) is 41.5 Å². The summed E-state index contributed by atoms with van der Waals surface area (Å²) >= 11 is 0. The topological polar surface area (TPSA) is 157 Å². The molecule has 12 heteroatoms. The Bertz CT molecular complexity index is 961. The maximum Gasteiger partial charge on any atom is 0.202 e. The summed E-state index contributed by atoms with van der Waals surface area (Å²) in [6.07, 6.45) is 0.773. The fraction of sp³-hybridized carbons (Fsp3) is 0.400. The van der Waals surface area contributed by atoms with Crippen LogP contribution in [-0.4, -0.2) is 55.3 Å². The number of anilines is 1. The van der Waals surface area contributed by atoms with Crippen molar-refractivity contribution in [2.75, 3.05) is 23.9 Å². The second-order valence-corrected chi connectivity index (χ2v) is 8.66. The van der Waals surface area contributed by atoms with Gasteiger partial charge in [0, 0.05) is 22.5 Å². The highest BCUT2D eigenvalue weighted by molar-refractivity contribution is 7.91. The van der Waals surface area contributed by atoms with Crippen molar-refractivity contribution in [3.8, 4) is 0 Å². The average Bonchev–Trinajstić information content (AvgIpc) is 3.03. The second kappa shape index (κ2) is 7.58. The molecule has 5 N–H and O–H groups in total. The number of benzene rings is 1. The smallest absolute Gasteiger partial charge is 0.202 e. The van der Waals surface area contributed by atoms with Gasteiger partial charge in [-0.3, -0.25) is 24.7 Å². The molecule has 1 aliphatic carbocycles. The molecule has 0 aliphatic heterocycles. The number of aromatic nitrogens is 2. The van der Waals surface area contributed by atoms with E-state index in [1.54, 1.807) is 6.07 Å². The van der Waals surface area contributed by atoms with E-state index in [1.807, 2.05) is 5.48 Å². The molecule has 1 heterocycles. The minimum atomic E-state index is -2.85. The highest BCUT2D eigenvalue weighted by atomic mass is 32.2. The zero-order valence-corrected chi connectivity index (χ0v) is 15.2. The van der Waals surface area contributed by atoms with E-state index in [2.05, 4.69) is 25.3 Å². The lowest BCUT2D eigenvalue weighted by molar-refractivity contribution is 0.211. The third-order valence-electron chi connectivity index (χ3n) is 4.00. The number of hydroxylamine groups is 1. The van der Waals surface area contributed by atoms with Crippen LogP contribution < -0.4 is 10.8 Å². The molecule has 3 rings (SSSR count). The van der Waals surface area contributed by atoms with Crippen molar-refractivity contribution in [3.05, 3.63) is 40.8 Å². The van der Waals surface area contributed by atoms with Gasteiger partial charge < -0.3 is 10.4 Å². The highest BCUT2D eigenvalue weighted by Gasteiger charge is 2.28. The zero-order valence-electron chi connectivity index (χ0n) is 14.3. The summed E-state index contributed by atoms with van der Waals surface area (Å²) in [6, 6.07) is 4.10. The lowest BCUT2D eigenvalue weighted by Gasteiger charge is -2.27. The third kappa shape index (κ3) is 4.59. The van der Waals surface area contributed by atoms with E-state index >= 15 is 0 Å². The molecule has 1 aliphatic rings. The molecule has 0 saturated heterocycles. The van der Waals surface area contributed by atoms with Crippen LogP contribution in [0, 0.1) is 10.6 Å². The Labute approximate surface area is 154 Å². The van der Waals surface area contributed by atoms with Gasteiger partial charge in [-0.2, -0.15) is 0 Å². The van der Waals surface area contributed by atoms with Gasteiger partial charge in [0.2, 0.25) is 5.82 Å². The van der Waals surface area contributed by atoms with E-state index < -0.39 is 15.8 Å². The molecule has 1 unspecified atom stereocenters. The number of fused-ring (bicyclic) bond motifs is 1. The number of nitrogens with zero attached hydrogens (tertiary/aromatic N) is 3. The quantitative estimate of drug-likeness (QED) is 0.259. The molecule has 0 bridgehead atoms. The lowest BCUT2D eigenvalue weighted by Crippen LogP contribution is -2.29. The average molecular weight is 398 g/mol. The number of hydrogen-bond acceptors (Lipinski definition) is 9. The minimum Gasteiger partial charge on any atom is -0.390 e. The number of aliphatic imine (C=N–C) groups is 1. The highest BCUT2D eigenvalue weighted by Crippen LogP contribution is 2.36. The number of rotatable bonds is 7. The zero-order chi connectivity index (χ0) is 19.6. The maximum atomic E-state index is 13.4. The number of amidine groups is 1. The largest absolute Gasteiger partial charge is 0.390 e. The summed E-state index contributed by atoms with van der Waals surface area (Å²) in [6.45, 7) is -0.0545. The van der Waals surface area contributed by atoms with Crippen LogP contribution in [0.2, 0.25) is 0 Å². The molecule has 0 amide bonds. The molecular formula is C15H19FN6O4S. The fourth-order valence-corrected chi connectivity index (χ4v) is 3.62. The second-order valence-electron chi connectivity index (χ2n) is 6.32. The number of aliphatic hydroxyl groups is 1. The van der Waals surface area contributed by atoms with Gasteiger partial charge in [0.1, 0.15) is 5.82 Å². The van der Waals surface area contributed by atoms with Crippen molar-refractivity contribution < 1.29 is 23.5 Å². The first-order valence-electron chi connectivity index (χ1n) is 7.99. The molecule has 2 aromatic rings. The Balaban J connectivity index is 1.73. The van der Waals surface area contributed by atoms with E-state index in [9.17, 15) is 18.9 Å². The van der Waals surface area contributed by atoms with E-state index in [0.29, 0.717) is 6.42 Å². The van der Waals surface area contributed by atoms with Crippen LogP contribution in [0.5, 0.6) is 0 Å². The molecule has 27 heavy (non-hydrogen) atoms. The molecule has 3 atom stereocenters. The number of aliphatic hydroxyl groups excluding tert-OH is 1. The van der Waals surface area contributed by atoms with E-state index in [0.717, 1.165) is 11.1 Å². The Kier molecular flexibility index (Phi) is 5.39. The first kappa shape index (κ1) is 19.2. The monoisotopic (exact) mass is 398 g/mol. The van der Waals surface area contributed by atoms with Crippen molar-refractivity contribution in [1.82, 2.24) is 15.8 Å². The Hall–Kier alpha value is -2.57. The predicted octanol–water partition coefficient (Wildman–Crippen LogP) is 0.681. The van der Waals surface area contributed by atoms with E-state index in [1.165, 1.54) is 18.4 Å². The first-order chi connectivity index (χ1) is 12.8. The first-order valence-corrected chi connectivity index (χ1v) is 10.1. The standard InChI is InChI=1S/C15H19FN6O4S/c1-27(17,25)7-10(23)6-18-14-13(21-26-22-14)15(20-24)19-12-4-8-2-3-9(16)5-11(8)12/h2-3,5,10,12,17,23-24H,4,6-7H2,1H3,(H,18,22)(H,19,20)/t10-,12-,27?/m0/s1. The summed E-state index contributed by atoms with van der Waals surface area (Å²) in [5, 5.41) is 29.3. The van der Waals surface area contributed by atoms with Gasteiger partial charge >= 0.3 is 0 Å². The molecule has 10 nitrogen and oxygen atoms in total. The number of hydrogen-bond donors (Lipinski definition) is 5. The van der Waals surface area contributed by atoms with Gasteiger partial charge in [0.15, 0.2) is 11.5 Å². The molecule has 1 aromatic heterocycles. The number of halogens is 1. The minimum absolute atomic E-state index is 0.0343. The van der Waals surface area contributed by atoms with Crippen LogP contribution in [0.1, 0.15) is 22.9 Å². The van der Waals surface area contributed by atoms with Crippen molar-refractivity contribution in [1.29, 1.82) is 4.78 Å². The van der Waals surface area contributed by atoms with Crippen molar-refractivity contribution in [3.63, 3.8) is 0 Å². The van der Waals surface area contributed by atoms with Crippen LogP contribution in [0.15, 0.2) is 27.8 Å². The van der Waals surface area contributed by atoms with Crippen LogP contribution in [0.25, 0.3) is 0 Å². The third-order valence-corrected chi connectivity index (χ3v) is 5.02. The molecule has 0 saturated carbocycles. The van der Waals surface area contributed by atoms with Gasteiger partial charge in [-0.15, -0.1) is 0 Å². The summed E-state index contributed by atoms with van der Waals surface area (Å²) in [7, 11) is -2.85. The Morgan fingerprint density at radius 3 is 3.04 bits per heavy atom. The predicted molar refractivity (Wildman–Crippen MR) is 94.8 cm³/mol. The van der Waals surface area contributed by atoms with Crippen LogP contribution >= 0.6 is 0 Å². The van der Waals surface area contributed by atoms with Crippen LogP contribution in [0.3, 0.4) is 0 Å². The molecule has 0 spiro atoms. The number of nitrogens with one attached hydrogen (secondary N) is 3. The molecule has 146 valence electrons. The normalized spacial score (nSPS) is 19.6. The summed E-state index contributed by atoms with van der Waals surface area (Å²) < 4.78 is 36.8. The molecule has 1 aromatic carbocycles. The summed E-state index contributed by atoms with van der Waals surface area (Å²) in [5.74, 6) is -0.508. The van der Waals surface area contributed by atoms with Crippen molar-refractivity contribution >= 4 is 21.4 Å². The summed E-state index contributed by atoms with van der Waals surface area (Å²) in [4.78, 5) is 4.32. The Morgan fingerprint density at radius 2 is 2.33 bits per heavy atom. The van der Waals surface area contributed by atoms with Crippen LogP contribution in [-0.2, 0) is 16.1 Å². The molecule has 0 radical (unpaired) electrons. The fourth-order valence-electron chi connectivity index (χ4n) is 2.76. The molecular weight excluding hydrogens is 379 g/mol. The Morgan fingerprint density at radius 1 is 1.56 bits per heavy atom. The summed E-state index contributed by atoms with van der Waals surface area (Å²) in [5.41, 5.74) is 3.69. The molecule has 0 fully saturated rings. The van der Waals surface area contributed by atoms with Crippen molar-refractivity contribution in [2.24, 2.45) is 4.99 Å².